The van der Waals surface area contributed by atoms with E-state index < -0.39 is 46.0 Å². The summed E-state index contributed by atoms with van der Waals surface area (Å²) in [5.41, 5.74) is 0. The van der Waals surface area contributed by atoms with Gasteiger partial charge in [0.05, 0.1) is 17.9 Å². The average Bonchev–Trinajstić information content (AvgIpc) is 2.66. The van der Waals surface area contributed by atoms with Gasteiger partial charge in [-0.2, -0.15) is 0 Å². The fourth-order valence-electron chi connectivity index (χ4n) is 3.95. The minimum Gasteiger partial charge on any atom is -0.389 e. The van der Waals surface area contributed by atoms with Gasteiger partial charge in [0.2, 0.25) is 15.9 Å². The van der Waals surface area contributed by atoms with E-state index in [0.29, 0.717) is 12.8 Å². The van der Waals surface area contributed by atoms with Gasteiger partial charge in [0.1, 0.15) is 12.2 Å². The molecule has 1 amide bonds. The number of rotatable bonds is 14. The molecule has 4 atom stereocenters. The third kappa shape index (κ3) is 10.5. The Kier molecular flexibility index (Phi) is 12.4. The summed E-state index contributed by atoms with van der Waals surface area (Å²) in [6.07, 6.45) is 3.33. The van der Waals surface area contributed by atoms with Crippen molar-refractivity contribution in [3.63, 3.8) is 0 Å². The molecular formula is C21H42N2O6S. The van der Waals surface area contributed by atoms with Crippen LogP contribution in [0.4, 0.5) is 0 Å². The van der Waals surface area contributed by atoms with Crippen LogP contribution in [0.1, 0.15) is 78.6 Å². The van der Waals surface area contributed by atoms with Crippen LogP contribution in [0.15, 0.2) is 0 Å². The molecule has 0 aromatic carbocycles. The first-order valence-electron chi connectivity index (χ1n) is 11.4. The lowest BCUT2D eigenvalue weighted by molar-refractivity contribution is -0.132. The highest BCUT2D eigenvalue weighted by Crippen LogP contribution is 2.28. The number of carbonyl (C=O) groups excluding carboxylic acids is 1. The van der Waals surface area contributed by atoms with Gasteiger partial charge >= 0.3 is 0 Å². The Bertz CT molecular complexity index is 592. The van der Waals surface area contributed by atoms with Gasteiger partial charge in [-0.3, -0.25) is 4.79 Å². The largest absolute Gasteiger partial charge is 0.389 e. The predicted molar refractivity (Wildman–Crippen MR) is 117 cm³/mol. The topological polar surface area (TPSA) is 136 Å². The van der Waals surface area contributed by atoms with Crippen molar-refractivity contribution in [3.8, 4) is 0 Å². The second-order valence-electron chi connectivity index (χ2n) is 9.09. The molecule has 0 heterocycles. The van der Waals surface area contributed by atoms with Crippen LogP contribution < -0.4 is 10.0 Å². The van der Waals surface area contributed by atoms with E-state index in [9.17, 15) is 28.5 Å². The molecular weight excluding hydrogens is 408 g/mol. The van der Waals surface area contributed by atoms with Crippen LogP contribution in [0, 0.1) is 11.8 Å². The molecule has 0 spiro atoms. The number of hydrogen-bond donors (Lipinski definition) is 5. The Morgan fingerprint density at radius 3 is 2.30 bits per heavy atom. The molecule has 1 aliphatic carbocycles. The van der Waals surface area contributed by atoms with Crippen LogP contribution in [0.25, 0.3) is 0 Å². The summed E-state index contributed by atoms with van der Waals surface area (Å²) in [6.45, 7) is 6.01. The Morgan fingerprint density at radius 1 is 1.10 bits per heavy atom. The molecule has 30 heavy (non-hydrogen) atoms. The third-order valence-electron chi connectivity index (χ3n) is 5.69. The predicted octanol–water partition coefficient (Wildman–Crippen LogP) is 1.29. The van der Waals surface area contributed by atoms with Crippen molar-refractivity contribution < 1.29 is 28.5 Å². The van der Waals surface area contributed by atoms with Crippen LogP contribution in [-0.2, 0) is 14.8 Å². The first-order valence-corrected chi connectivity index (χ1v) is 13.0. The molecule has 0 aromatic heterocycles. The Balaban J connectivity index is 2.80. The standard InChI is InChI=1S/C21H42N2O6S/c1-4-5-11-22-30(28,29)14-19(25)20(26)17(13-16-9-7-6-8-10-16)23-21(27)18(24)12-15(2)3/h15-20,22,24-26H,4-14H2,1-3H3,(H,23,27)/t17-,18-,19-,20+/m0/s1. The van der Waals surface area contributed by atoms with Crippen LogP contribution in [0.2, 0.25) is 0 Å². The number of carbonyl (C=O) groups is 1. The number of sulfonamides is 1. The zero-order valence-corrected chi connectivity index (χ0v) is 19.5. The van der Waals surface area contributed by atoms with Gasteiger partial charge in [-0.05, 0) is 31.1 Å². The van der Waals surface area contributed by atoms with Crippen LogP contribution in [-0.4, -0.2) is 66.3 Å². The highest BCUT2D eigenvalue weighted by molar-refractivity contribution is 7.89. The average molecular weight is 451 g/mol. The Labute approximate surface area is 181 Å². The number of hydrogen-bond acceptors (Lipinski definition) is 6. The summed E-state index contributed by atoms with van der Waals surface area (Å²) in [4.78, 5) is 12.4. The summed E-state index contributed by atoms with van der Waals surface area (Å²) in [5.74, 6) is -0.826. The molecule has 1 rings (SSSR count). The maximum Gasteiger partial charge on any atom is 0.249 e. The lowest BCUT2D eigenvalue weighted by Gasteiger charge is -2.32. The second kappa shape index (κ2) is 13.6. The molecule has 0 aliphatic heterocycles. The summed E-state index contributed by atoms with van der Waals surface area (Å²) < 4.78 is 26.8. The molecule has 0 radical (unpaired) electrons. The maximum atomic E-state index is 12.4. The van der Waals surface area contributed by atoms with E-state index in [1.165, 1.54) is 0 Å². The zero-order chi connectivity index (χ0) is 22.7. The van der Waals surface area contributed by atoms with Crippen molar-refractivity contribution in [1.29, 1.82) is 0 Å². The van der Waals surface area contributed by atoms with Gasteiger partial charge in [0, 0.05) is 6.54 Å². The van der Waals surface area contributed by atoms with Gasteiger partial charge < -0.3 is 20.6 Å². The first kappa shape index (κ1) is 27.3. The van der Waals surface area contributed by atoms with Gasteiger partial charge in [0.25, 0.3) is 0 Å². The quantitative estimate of drug-likeness (QED) is 0.253. The van der Waals surface area contributed by atoms with E-state index in [0.717, 1.165) is 38.5 Å². The van der Waals surface area contributed by atoms with E-state index in [1.807, 2.05) is 20.8 Å². The molecule has 1 saturated carbocycles. The van der Waals surface area contributed by atoms with E-state index >= 15 is 0 Å². The smallest absolute Gasteiger partial charge is 0.249 e. The van der Waals surface area contributed by atoms with Crippen molar-refractivity contribution >= 4 is 15.9 Å². The molecule has 5 N–H and O–H groups in total. The van der Waals surface area contributed by atoms with Gasteiger partial charge in [-0.25, -0.2) is 13.1 Å². The molecule has 0 aromatic rings. The van der Waals surface area contributed by atoms with Crippen molar-refractivity contribution in [1.82, 2.24) is 10.0 Å². The van der Waals surface area contributed by atoms with E-state index in [4.69, 9.17) is 0 Å². The lowest BCUT2D eigenvalue weighted by atomic mass is 9.83. The SMILES string of the molecule is CCCCNS(=O)(=O)C[C@H](O)[C@H](O)[C@H](CC1CCCCC1)NC(=O)[C@@H](O)CC(C)C. The molecule has 0 bridgehead atoms. The minimum atomic E-state index is -3.75. The molecule has 0 saturated heterocycles. The molecule has 8 nitrogen and oxygen atoms in total. The number of nitrogens with one attached hydrogen (secondary N) is 2. The van der Waals surface area contributed by atoms with Crippen LogP contribution in [0.3, 0.4) is 0 Å². The van der Waals surface area contributed by atoms with E-state index in [-0.39, 0.29) is 24.8 Å². The number of unbranched alkanes of at least 4 members (excludes halogenated alkanes) is 1. The molecule has 178 valence electrons. The molecule has 0 unspecified atom stereocenters. The second-order valence-corrected chi connectivity index (χ2v) is 10.9. The van der Waals surface area contributed by atoms with E-state index in [2.05, 4.69) is 10.0 Å². The summed E-state index contributed by atoms with van der Waals surface area (Å²) in [6, 6.07) is -0.816. The fraction of sp³-hybridized carbons (Fsp3) is 0.952. The zero-order valence-electron chi connectivity index (χ0n) is 18.7. The highest BCUT2D eigenvalue weighted by atomic mass is 32.2. The molecule has 1 aliphatic rings. The monoisotopic (exact) mass is 450 g/mol. The maximum absolute atomic E-state index is 12.4. The molecule has 9 heteroatoms. The first-order chi connectivity index (χ1) is 14.1. The van der Waals surface area contributed by atoms with Crippen LogP contribution >= 0.6 is 0 Å². The third-order valence-corrected chi connectivity index (χ3v) is 7.11. The van der Waals surface area contributed by atoms with Crippen molar-refractivity contribution in [2.75, 3.05) is 12.3 Å². The van der Waals surface area contributed by atoms with E-state index in [1.54, 1.807) is 0 Å². The van der Waals surface area contributed by atoms with Gasteiger partial charge in [-0.15, -0.1) is 0 Å². The summed E-state index contributed by atoms with van der Waals surface area (Å²) in [5, 5.41) is 33.9. The van der Waals surface area contributed by atoms with Gasteiger partial charge in [0.15, 0.2) is 0 Å². The number of aliphatic hydroxyl groups excluding tert-OH is 3. The fourth-order valence-corrected chi connectivity index (χ4v) is 5.17. The number of aliphatic hydroxyl groups is 3. The number of amides is 1. The Morgan fingerprint density at radius 2 is 1.73 bits per heavy atom. The van der Waals surface area contributed by atoms with Crippen molar-refractivity contribution in [2.45, 2.75) is 103 Å². The van der Waals surface area contributed by atoms with Crippen LogP contribution in [0.5, 0.6) is 0 Å². The minimum absolute atomic E-state index is 0.123. The summed E-state index contributed by atoms with van der Waals surface area (Å²) in [7, 11) is -3.75. The summed E-state index contributed by atoms with van der Waals surface area (Å²) >= 11 is 0. The highest BCUT2D eigenvalue weighted by Gasteiger charge is 2.34. The normalized spacial score (nSPS) is 20.0. The van der Waals surface area contributed by atoms with Gasteiger partial charge in [-0.1, -0.05) is 59.3 Å². The lowest BCUT2D eigenvalue weighted by Crippen LogP contribution is -2.54. The van der Waals surface area contributed by atoms with Crippen molar-refractivity contribution in [3.05, 3.63) is 0 Å². The Hall–Kier alpha value is -0.740. The van der Waals surface area contributed by atoms with Crippen molar-refractivity contribution in [2.24, 2.45) is 11.8 Å². The molecule has 1 fully saturated rings.